The van der Waals surface area contributed by atoms with E-state index in [1.54, 1.807) is 0 Å². The van der Waals surface area contributed by atoms with Crippen LogP contribution in [-0.2, 0) is 13.2 Å². The molecule has 0 aromatic heterocycles. The SMILES string of the molecule is CC(CO)N(C)Cc1ccc(CO)cc1. The fourth-order valence-electron chi connectivity index (χ4n) is 1.33. The van der Waals surface area contributed by atoms with Gasteiger partial charge in [-0.05, 0) is 25.1 Å². The maximum absolute atomic E-state index is 8.99. The Labute approximate surface area is 91.0 Å². The van der Waals surface area contributed by atoms with Gasteiger partial charge in [-0.2, -0.15) is 0 Å². The molecule has 0 radical (unpaired) electrons. The molecule has 15 heavy (non-hydrogen) atoms. The maximum atomic E-state index is 8.99. The Morgan fingerprint density at radius 2 is 1.67 bits per heavy atom. The molecule has 3 heteroatoms. The van der Waals surface area contributed by atoms with Crippen molar-refractivity contribution in [2.45, 2.75) is 26.1 Å². The zero-order chi connectivity index (χ0) is 11.3. The topological polar surface area (TPSA) is 43.7 Å². The van der Waals surface area contributed by atoms with E-state index in [2.05, 4.69) is 4.90 Å². The van der Waals surface area contributed by atoms with E-state index in [-0.39, 0.29) is 19.3 Å². The fourth-order valence-corrected chi connectivity index (χ4v) is 1.33. The largest absolute Gasteiger partial charge is 0.395 e. The van der Waals surface area contributed by atoms with Gasteiger partial charge in [-0.25, -0.2) is 0 Å². The smallest absolute Gasteiger partial charge is 0.0681 e. The van der Waals surface area contributed by atoms with Crippen molar-refractivity contribution >= 4 is 0 Å². The summed E-state index contributed by atoms with van der Waals surface area (Å²) < 4.78 is 0. The number of benzene rings is 1. The lowest BCUT2D eigenvalue weighted by Crippen LogP contribution is -2.31. The fraction of sp³-hybridized carbons (Fsp3) is 0.500. The highest BCUT2D eigenvalue weighted by molar-refractivity contribution is 5.21. The second-order valence-electron chi connectivity index (χ2n) is 3.92. The molecule has 1 unspecified atom stereocenters. The molecule has 1 aromatic rings. The predicted molar refractivity (Wildman–Crippen MR) is 60.4 cm³/mol. The van der Waals surface area contributed by atoms with Gasteiger partial charge in [-0.3, -0.25) is 4.90 Å². The van der Waals surface area contributed by atoms with Crippen LogP contribution in [0.3, 0.4) is 0 Å². The van der Waals surface area contributed by atoms with Crippen LogP contribution in [-0.4, -0.2) is 34.8 Å². The molecule has 0 heterocycles. The molecule has 0 aliphatic carbocycles. The standard InChI is InChI=1S/C12H19NO2/c1-10(8-14)13(2)7-11-3-5-12(9-15)6-4-11/h3-6,10,14-15H,7-9H2,1-2H3. The molecule has 0 amide bonds. The summed E-state index contributed by atoms with van der Waals surface area (Å²) in [6.45, 7) is 3.06. The average Bonchev–Trinajstić information content (AvgIpc) is 2.29. The Bertz CT molecular complexity index is 284. The van der Waals surface area contributed by atoms with Crippen LogP contribution in [0.15, 0.2) is 24.3 Å². The van der Waals surface area contributed by atoms with Gasteiger partial charge in [-0.1, -0.05) is 24.3 Å². The molecule has 0 saturated heterocycles. The highest BCUT2D eigenvalue weighted by atomic mass is 16.3. The van der Waals surface area contributed by atoms with Gasteiger partial charge in [-0.15, -0.1) is 0 Å². The van der Waals surface area contributed by atoms with Crippen LogP contribution in [0.4, 0.5) is 0 Å². The van der Waals surface area contributed by atoms with Crippen LogP contribution < -0.4 is 0 Å². The van der Waals surface area contributed by atoms with Crippen molar-refractivity contribution in [3.63, 3.8) is 0 Å². The van der Waals surface area contributed by atoms with E-state index in [9.17, 15) is 0 Å². The third kappa shape index (κ3) is 3.63. The molecule has 2 N–H and O–H groups in total. The first-order chi connectivity index (χ1) is 7.17. The number of hydrogen-bond donors (Lipinski definition) is 2. The first-order valence-corrected chi connectivity index (χ1v) is 5.17. The minimum atomic E-state index is 0.0865. The summed E-state index contributed by atoms with van der Waals surface area (Å²) in [4.78, 5) is 2.09. The molecule has 1 rings (SSSR count). The van der Waals surface area contributed by atoms with Crippen molar-refractivity contribution in [3.8, 4) is 0 Å². The molecule has 1 aromatic carbocycles. The van der Waals surface area contributed by atoms with E-state index < -0.39 is 0 Å². The summed E-state index contributed by atoms with van der Waals surface area (Å²) in [6.07, 6.45) is 0. The predicted octanol–water partition coefficient (Wildman–Crippen LogP) is 0.992. The Morgan fingerprint density at radius 1 is 1.13 bits per heavy atom. The van der Waals surface area contributed by atoms with Gasteiger partial charge in [0.15, 0.2) is 0 Å². The van der Waals surface area contributed by atoms with E-state index in [0.717, 1.165) is 12.1 Å². The summed E-state index contributed by atoms with van der Waals surface area (Å²) in [5, 5.41) is 17.9. The van der Waals surface area contributed by atoms with E-state index in [0.29, 0.717) is 0 Å². The highest BCUT2D eigenvalue weighted by Crippen LogP contribution is 2.08. The van der Waals surface area contributed by atoms with Gasteiger partial charge < -0.3 is 10.2 Å². The Hall–Kier alpha value is -0.900. The van der Waals surface area contributed by atoms with Crippen LogP contribution in [0.25, 0.3) is 0 Å². The van der Waals surface area contributed by atoms with Crippen LogP contribution in [0.1, 0.15) is 18.1 Å². The number of nitrogens with zero attached hydrogens (tertiary/aromatic N) is 1. The molecular formula is C12H19NO2. The third-order valence-electron chi connectivity index (χ3n) is 2.65. The Balaban J connectivity index is 2.57. The van der Waals surface area contributed by atoms with Crippen molar-refractivity contribution in [3.05, 3.63) is 35.4 Å². The van der Waals surface area contributed by atoms with Crippen LogP contribution in [0.2, 0.25) is 0 Å². The maximum Gasteiger partial charge on any atom is 0.0681 e. The number of likely N-dealkylation sites (N-methyl/N-ethyl adjacent to an activating group) is 1. The van der Waals surface area contributed by atoms with Gasteiger partial charge in [0.1, 0.15) is 0 Å². The minimum Gasteiger partial charge on any atom is -0.395 e. The Kier molecular flexibility index (Phi) is 4.75. The van der Waals surface area contributed by atoms with Crippen molar-refractivity contribution < 1.29 is 10.2 Å². The van der Waals surface area contributed by atoms with E-state index in [1.807, 2.05) is 38.2 Å². The Morgan fingerprint density at radius 3 is 2.13 bits per heavy atom. The van der Waals surface area contributed by atoms with Crippen molar-refractivity contribution in [1.29, 1.82) is 0 Å². The molecule has 0 bridgehead atoms. The molecule has 3 nitrogen and oxygen atoms in total. The van der Waals surface area contributed by atoms with Crippen LogP contribution in [0, 0.1) is 0 Å². The number of hydrogen-bond acceptors (Lipinski definition) is 3. The molecule has 0 fully saturated rings. The third-order valence-corrected chi connectivity index (χ3v) is 2.65. The van der Waals surface area contributed by atoms with Gasteiger partial charge in [0.2, 0.25) is 0 Å². The highest BCUT2D eigenvalue weighted by Gasteiger charge is 2.07. The first kappa shape index (κ1) is 12.2. The monoisotopic (exact) mass is 209 g/mol. The zero-order valence-electron chi connectivity index (χ0n) is 9.35. The zero-order valence-corrected chi connectivity index (χ0v) is 9.35. The summed E-state index contributed by atoms with van der Waals surface area (Å²) in [5.74, 6) is 0. The molecule has 1 atom stereocenters. The van der Waals surface area contributed by atoms with Gasteiger partial charge in [0.25, 0.3) is 0 Å². The molecule has 0 aliphatic rings. The van der Waals surface area contributed by atoms with Gasteiger partial charge in [0.05, 0.1) is 13.2 Å². The lowest BCUT2D eigenvalue weighted by atomic mass is 10.1. The van der Waals surface area contributed by atoms with Gasteiger partial charge in [0, 0.05) is 12.6 Å². The minimum absolute atomic E-state index is 0.0865. The normalized spacial score (nSPS) is 13.1. The second-order valence-corrected chi connectivity index (χ2v) is 3.92. The summed E-state index contributed by atoms with van der Waals surface area (Å²) in [6, 6.07) is 8.03. The summed E-state index contributed by atoms with van der Waals surface area (Å²) in [7, 11) is 1.99. The average molecular weight is 209 g/mol. The molecule has 0 spiro atoms. The number of aliphatic hydroxyl groups excluding tert-OH is 2. The van der Waals surface area contributed by atoms with Crippen LogP contribution in [0.5, 0.6) is 0 Å². The molecular weight excluding hydrogens is 190 g/mol. The molecule has 84 valence electrons. The molecule has 0 saturated carbocycles. The van der Waals surface area contributed by atoms with Crippen molar-refractivity contribution in [2.24, 2.45) is 0 Å². The van der Waals surface area contributed by atoms with Crippen LogP contribution >= 0.6 is 0 Å². The lowest BCUT2D eigenvalue weighted by molar-refractivity contribution is 0.154. The van der Waals surface area contributed by atoms with E-state index >= 15 is 0 Å². The van der Waals surface area contributed by atoms with Crippen molar-refractivity contribution in [1.82, 2.24) is 4.90 Å². The molecule has 0 aliphatic heterocycles. The van der Waals surface area contributed by atoms with E-state index in [4.69, 9.17) is 10.2 Å². The van der Waals surface area contributed by atoms with E-state index in [1.165, 1.54) is 5.56 Å². The van der Waals surface area contributed by atoms with Crippen molar-refractivity contribution in [2.75, 3.05) is 13.7 Å². The summed E-state index contributed by atoms with van der Waals surface area (Å²) in [5.41, 5.74) is 2.12. The number of rotatable bonds is 5. The number of aliphatic hydroxyl groups is 2. The van der Waals surface area contributed by atoms with Gasteiger partial charge >= 0.3 is 0 Å². The second kappa shape index (κ2) is 5.85. The quantitative estimate of drug-likeness (QED) is 0.760. The summed E-state index contributed by atoms with van der Waals surface area (Å²) >= 11 is 0. The first-order valence-electron chi connectivity index (χ1n) is 5.17. The lowest BCUT2D eigenvalue weighted by Gasteiger charge is -2.22.